The standard InChI is InChI=1S/C20H16F3NO4/c1-11-7-16-13(10-19(26)27-17(16)8-12(11)2)9-18(25)24-14-3-5-15(6-4-14)28-20(21,22)23/h3-8,10H,9H2,1-2H3,(H,24,25). The summed E-state index contributed by atoms with van der Waals surface area (Å²) in [6.07, 6.45) is -4.87. The Hall–Kier alpha value is -3.29. The van der Waals surface area contributed by atoms with E-state index >= 15 is 0 Å². The van der Waals surface area contributed by atoms with Gasteiger partial charge >= 0.3 is 12.0 Å². The van der Waals surface area contributed by atoms with Gasteiger partial charge in [0.2, 0.25) is 5.91 Å². The molecule has 0 aliphatic carbocycles. The number of halogens is 3. The number of carbonyl (C=O) groups excluding carboxylic acids is 1. The molecule has 0 bridgehead atoms. The Morgan fingerprint density at radius 2 is 1.71 bits per heavy atom. The van der Waals surface area contributed by atoms with Crippen LogP contribution < -0.4 is 15.7 Å². The van der Waals surface area contributed by atoms with Crippen LogP contribution in [0.3, 0.4) is 0 Å². The zero-order chi connectivity index (χ0) is 20.5. The minimum absolute atomic E-state index is 0.0919. The van der Waals surface area contributed by atoms with Crippen molar-refractivity contribution in [2.24, 2.45) is 0 Å². The minimum atomic E-state index is -4.78. The highest BCUT2D eigenvalue weighted by atomic mass is 19.4. The number of anilines is 1. The van der Waals surface area contributed by atoms with Gasteiger partial charge in [-0.05, 0) is 66.9 Å². The third-order valence-corrected chi connectivity index (χ3v) is 4.17. The normalized spacial score (nSPS) is 11.5. The van der Waals surface area contributed by atoms with E-state index in [1.807, 2.05) is 19.9 Å². The first-order valence-electron chi connectivity index (χ1n) is 8.30. The number of ether oxygens (including phenoxy) is 1. The van der Waals surface area contributed by atoms with E-state index in [0.717, 1.165) is 23.3 Å². The van der Waals surface area contributed by atoms with Crippen molar-refractivity contribution in [3.8, 4) is 5.75 Å². The van der Waals surface area contributed by atoms with E-state index in [0.29, 0.717) is 22.2 Å². The van der Waals surface area contributed by atoms with Crippen molar-refractivity contribution in [3.63, 3.8) is 0 Å². The molecular weight excluding hydrogens is 375 g/mol. The number of hydrogen-bond donors (Lipinski definition) is 1. The van der Waals surface area contributed by atoms with E-state index in [9.17, 15) is 22.8 Å². The van der Waals surface area contributed by atoms with Crippen LogP contribution in [0.4, 0.5) is 18.9 Å². The molecule has 0 atom stereocenters. The molecular formula is C20H16F3NO4. The predicted octanol–water partition coefficient (Wildman–Crippen LogP) is 4.49. The topological polar surface area (TPSA) is 68.5 Å². The summed E-state index contributed by atoms with van der Waals surface area (Å²) in [7, 11) is 0. The third kappa shape index (κ3) is 4.70. The SMILES string of the molecule is Cc1cc2oc(=O)cc(CC(=O)Nc3ccc(OC(F)(F)F)cc3)c2cc1C. The second-order valence-electron chi connectivity index (χ2n) is 6.32. The van der Waals surface area contributed by atoms with Gasteiger partial charge in [-0.25, -0.2) is 4.79 Å². The van der Waals surface area contributed by atoms with Gasteiger partial charge in [0.25, 0.3) is 0 Å². The number of benzene rings is 2. The lowest BCUT2D eigenvalue weighted by atomic mass is 10.0. The smallest absolute Gasteiger partial charge is 0.423 e. The number of alkyl halides is 3. The van der Waals surface area contributed by atoms with Gasteiger partial charge in [-0.3, -0.25) is 4.79 Å². The van der Waals surface area contributed by atoms with Gasteiger partial charge in [0.05, 0.1) is 6.42 Å². The van der Waals surface area contributed by atoms with Crippen molar-refractivity contribution in [1.29, 1.82) is 0 Å². The highest BCUT2D eigenvalue weighted by Gasteiger charge is 2.30. The maximum absolute atomic E-state index is 12.3. The molecule has 1 heterocycles. The van der Waals surface area contributed by atoms with Gasteiger partial charge in [0.15, 0.2) is 0 Å². The number of rotatable bonds is 4. The van der Waals surface area contributed by atoms with E-state index < -0.39 is 17.9 Å². The monoisotopic (exact) mass is 391 g/mol. The molecule has 0 fully saturated rings. The zero-order valence-corrected chi connectivity index (χ0v) is 15.0. The molecule has 0 spiro atoms. The molecule has 2 aromatic carbocycles. The van der Waals surface area contributed by atoms with Gasteiger partial charge in [-0.2, -0.15) is 0 Å². The van der Waals surface area contributed by atoms with Crippen molar-refractivity contribution in [2.75, 3.05) is 5.32 Å². The molecule has 0 unspecified atom stereocenters. The Balaban J connectivity index is 1.78. The number of carbonyl (C=O) groups is 1. The Morgan fingerprint density at radius 1 is 1.07 bits per heavy atom. The van der Waals surface area contributed by atoms with Crippen molar-refractivity contribution < 1.29 is 27.1 Å². The molecule has 0 saturated carbocycles. The number of nitrogens with one attached hydrogen (secondary N) is 1. The van der Waals surface area contributed by atoms with Crippen molar-refractivity contribution in [2.45, 2.75) is 26.6 Å². The molecule has 0 aliphatic heterocycles. The summed E-state index contributed by atoms with van der Waals surface area (Å²) < 4.78 is 45.5. The van der Waals surface area contributed by atoms with Crippen LogP contribution in [0.1, 0.15) is 16.7 Å². The first kappa shape index (κ1) is 19.5. The lowest BCUT2D eigenvalue weighted by molar-refractivity contribution is -0.274. The molecule has 146 valence electrons. The van der Waals surface area contributed by atoms with Crippen molar-refractivity contribution in [3.05, 3.63) is 69.6 Å². The van der Waals surface area contributed by atoms with Crippen LogP contribution >= 0.6 is 0 Å². The highest BCUT2D eigenvalue weighted by molar-refractivity contribution is 5.95. The van der Waals surface area contributed by atoms with Crippen LogP contribution in [0.2, 0.25) is 0 Å². The summed E-state index contributed by atoms with van der Waals surface area (Å²) in [6.45, 7) is 3.80. The lowest BCUT2D eigenvalue weighted by Gasteiger charge is -2.11. The average molecular weight is 391 g/mol. The first-order valence-corrected chi connectivity index (χ1v) is 8.30. The summed E-state index contributed by atoms with van der Waals surface area (Å²) in [6, 6.07) is 9.64. The Kier molecular flexibility index (Phi) is 5.13. The molecule has 3 aromatic rings. The summed E-state index contributed by atoms with van der Waals surface area (Å²) in [4.78, 5) is 24.1. The van der Waals surface area contributed by atoms with Crippen LogP contribution in [-0.2, 0) is 11.2 Å². The Morgan fingerprint density at radius 3 is 2.36 bits per heavy atom. The Labute approximate surface area is 157 Å². The highest BCUT2D eigenvalue weighted by Crippen LogP contribution is 2.25. The van der Waals surface area contributed by atoms with Gasteiger partial charge in [-0.15, -0.1) is 13.2 Å². The summed E-state index contributed by atoms with van der Waals surface area (Å²) in [5.74, 6) is -0.808. The summed E-state index contributed by atoms with van der Waals surface area (Å²) in [5.41, 5.74) is 2.59. The summed E-state index contributed by atoms with van der Waals surface area (Å²) >= 11 is 0. The number of hydrogen-bond acceptors (Lipinski definition) is 4. The van der Waals surface area contributed by atoms with E-state index in [-0.39, 0.29) is 12.2 Å². The summed E-state index contributed by atoms with van der Waals surface area (Å²) in [5, 5.41) is 3.24. The molecule has 1 N–H and O–H groups in total. The van der Waals surface area contributed by atoms with Crippen LogP contribution in [0.5, 0.6) is 5.75 Å². The molecule has 3 rings (SSSR count). The van der Waals surface area contributed by atoms with Gasteiger partial charge in [0.1, 0.15) is 11.3 Å². The van der Waals surface area contributed by atoms with E-state index in [1.54, 1.807) is 6.07 Å². The fraction of sp³-hybridized carbons (Fsp3) is 0.200. The number of amides is 1. The molecule has 1 amide bonds. The van der Waals surface area contributed by atoms with Crippen molar-refractivity contribution >= 4 is 22.6 Å². The second kappa shape index (κ2) is 7.38. The van der Waals surface area contributed by atoms with Gasteiger partial charge in [0, 0.05) is 17.1 Å². The molecule has 28 heavy (non-hydrogen) atoms. The number of aryl methyl sites for hydroxylation is 2. The van der Waals surface area contributed by atoms with Crippen LogP contribution in [0.25, 0.3) is 11.0 Å². The lowest BCUT2D eigenvalue weighted by Crippen LogP contribution is -2.17. The average Bonchev–Trinajstić information content (AvgIpc) is 2.57. The molecule has 0 saturated heterocycles. The molecule has 5 nitrogen and oxygen atoms in total. The van der Waals surface area contributed by atoms with Crippen LogP contribution in [-0.4, -0.2) is 12.3 Å². The minimum Gasteiger partial charge on any atom is -0.423 e. The molecule has 0 radical (unpaired) electrons. The van der Waals surface area contributed by atoms with Crippen LogP contribution in [0.15, 0.2) is 51.7 Å². The maximum Gasteiger partial charge on any atom is 0.573 e. The quantitative estimate of drug-likeness (QED) is 0.666. The first-order chi connectivity index (χ1) is 13.1. The van der Waals surface area contributed by atoms with E-state index in [4.69, 9.17) is 4.42 Å². The van der Waals surface area contributed by atoms with Crippen molar-refractivity contribution in [1.82, 2.24) is 0 Å². The zero-order valence-electron chi connectivity index (χ0n) is 15.0. The maximum atomic E-state index is 12.3. The van der Waals surface area contributed by atoms with Gasteiger partial charge in [-0.1, -0.05) is 0 Å². The third-order valence-electron chi connectivity index (χ3n) is 4.17. The molecule has 8 heteroatoms. The van der Waals surface area contributed by atoms with E-state index in [1.165, 1.54) is 18.2 Å². The fourth-order valence-corrected chi connectivity index (χ4v) is 2.75. The predicted molar refractivity (Wildman–Crippen MR) is 97.4 cm³/mol. The molecule has 1 aromatic heterocycles. The second-order valence-corrected chi connectivity index (χ2v) is 6.32. The molecule has 0 aliphatic rings. The van der Waals surface area contributed by atoms with E-state index in [2.05, 4.69) is 10.1 Å². The fourth-order valence-electron chi connectivity index (χ4n) is 2.75. The largest absolute Gasteiger partial charge is 0.573 e. The number of fused-ring (bicyclic) bond motifs is 1. The van der Waals surface area contributed by atoms with Gasteiger partial charge < -0.3 is 14.5 Å². The Bertz CT molecular complexity index is 1090. The van der Waals surface area contributed by atoms with Crippen LogP contribution in [0, 0.1) is 13.8 Å².